The molecule has 0 spiro atoms. The molecule has 2 aromatic heterocycles. The van der Waals surface area contributed by atoms with Gasteiger partial charge in [-0.15, -0.1) is 11.3 Å². The molecule has 0 aliphatic carbocycles. The van der Waals surface area contributed by atoms with E-state index in [-0.39, 0.29) is 0 Å². The highest BCUT2D eigenvalue weighted by atomic mass is 79.9. The summed E-state index contributed by atoms with van der Waals surface area (Å²) in [6.07, 6.45) is 1.91. The molecule has 0 atom stereocenters. The van der Waals surface area contributed by atoms with Gasteiger partial charge in [-0.1, -0.05) is 0 Å². The third-order valence-electron chi connectivity index (χ3n) is 3.21. The Bertz CT molecular complexity index is 527. The largest absolute Gasteiger partial charge is 0.379 e. The maximum Gasteiger partial charge on any atom is 0.128 e. The number of hydrogen-bond acceptors (Lipinski definition) is 4. The lowest BCUT2D eigenvalue weighted by Crippen LogP contribution is -2.22. The number of nitrogens with zero attached hydrogens (tertiary/aromatic N) is 2. The van der Waals surface area contributed by atoms with Crippen molar-refractivity contribution in [3.05, 3.63) is 38.6 Å². The fourth-order valence-electron chi connectivity index (χ4n) is 2.02. The van der Waals surface area contributed by atoms with Crippen LogP contribution in [0.3, 0.4) is 0 Å². The summed E-state index contributed by atoms with van der Waals surface area (Å²) in [5.41, 5.74) is 1.06. The van der Waals surface area contributed by atoms with E-state index in [1.807, 2.05) is 17.5 Å². The van der Waals surface area contributed by atoms with Crippen LogP contribution in [0.4, 0.5) is 11.5 Å². The van der Waals surface area contributed by atoms with Gasteiger partial charge in [0.25, 0.3) is 0 Å². The Morgan fingerprint density at radius 2 is 2.05 bits per heavy atom. The van der Waals surface area contributed by atoms with Crippen LogP contribution in [-0.2, 0) is 6.54 Å². The van der Waals surface area contributed by atoms with Gasteiger partial charge in [0.15, 0.2) is 0 Å². The van der Waals surface area contributed by atoms with Crippen molar-refractivity contribution in [1.82, 2.24) is 4.98 Å². The molecule has 0 saturated carbocycles. The molecule has 0 radical (unpaired) electrons. The van der Waals surface area contributed by atoms with Crippen LogP contribution in [0.25, 0.3) is 0 Å². The lowest BCUT2D eigenvalue weighted by Gasteiger charge is -2.19. The average Bonchev–Trinajstić information content (AvgIpc) is 2.78. The van der Waals surface area contributed by atoms with E-state index in [0.717, 1.165) is 31.1 Å². The van der Waals surface area contributed by atoms with Crippen LogP contribution in [0.1, 0.15) is 23.6 Å². The molecule has 0 amide bonds. The number of thiophene rings is 1. The standard InChI is InChI=1S/C15H20BrN3S/c1-4-19(5-2)15-7-6-12(9-18-15)17-10-13-8-14(16)11(3)20-13/h6-9,17H,4-5,10H2,1-3H3. The lowest BCUT2D eigenvalue weighted by molar-refractivity contribution is 0.846. The van der Waals surface area contributed by atoms with Crippen molar-refractivity contribution in [1.29, 1.82) is 0 Å². The summed E-state index contributed by atoms with van der Waals surface area (Å²) in [6, 6.07) is 6.34. The highest BCUT2D eigenvalue weighted by Crippen LogP contribution is 2.27. The monoisotopic (exact) mass is 353 g/mol. The number of hydrogen-bond donors (Lipinski definition) is 1. The van der Waals surface area contributed by atoms with Gasteiger partial charge in [0.05, 0.1) is 11.9 Å². The van der Waals surface area contributed by atoms with Crippen molar-refractivity contribution in [3.8, 4) is 0 Å². The van der Waals surface area contributed by atoms with Crippen LogP contribution in [0.5, 0.6) is 0 Å². The van der Waals surface area contributed by atoms with Crippen LogP contribution < -0.4 is 10.2 Å². The van der Waals surface area contributed by atoms with Crippen LogP contribution in [-0.4, -0.2) is 18.1 Å². The molecular weight excluding hydrogens is 334 g/mol. The summed E-state index contributed by atoms with van der Waals surface area (Å²) < 4.78 is 1.19. The molecule has 2 aromatic rings. The molecule has 2 heterocycles. The third-order valence-corrected chi connectivity index (χ3v) is 5.35. The first-order valence-electron chi connectivity index (χ1n) is 6.83. The molecule has 0 bridgehead atoms. The Morgan fingerprint density at radius 1 is 1.30 bits per heavy atom. The van der Waals surface area contributed by atoms with E-state index in [4.69, 9.17) is 0 Å². The normalized spacial score (nSPS) is 10.6. The van der Waals surface area contributed by atoms with Gasteiger partial charge in [0.2, 0.25) is 0 Å². The number of aromatic nitrogens is 1. The Hall–Kier alpha value is -1.07. The third kappa shape index (κ3) is 3.73. The van der Waals surface area contributed by atoms with Crippen molar-refractivity contribution >= 4 is 38.8 Å². The molecular formula is C15H20BrN3S. The zero-order chi connectivity index (χ0) is 14.5. The second-order valence-electron chi connectivity index (χ2n) is 4.55. The highest BCUT2D eigenvalue weighted by Gasteiger charge is 2.04. The van der Waals surface area contributed by atoms with Crippen molar-refractivity contribution in [3.63, 3.8) is 0 Å². The van der Waals surface area contributed by atoms with Gasteiger partial charge < -0.3 is 10.2 Å². The van der Waals surface area contributed by atoms with E-state index in [1.165, 1.54) is 14.2 Å². The molecule has 1 N–H and O–H groups in total. The van der Waals surface area contributed by atoms with Gasteiger partial charge in [0.1, 0.15) is 5.82 Å². The van der Waals surface area contributed by atoms with E-state index in [0.29, 0.717) is 0 Å². The summed E-state index contributed by atoms with van der Waals surface area (Å²) in [5.74, 6) is 1.04. The fourth-order valence-corrected chi connectivity index (χ4v) is 3.56. The number of anilines is 2. The van der Waals surface area contributed by atoms with Gasteiger partial charge in [-0.25, -0.2) is 4.98 Å². The van der Waals surface area contributed by atoms with Gasteiger partial charge in [-0.05, 0) is 54.9 Å². The van der Waals surface area contributed by atoms with E-state index >= 15 is 0 Å². The summed E-state index contributed by atoms with van der Waals surface area (Å²) in [7, 11) is 0. The first-order valence-corrected chi connectivity index (χ1v) is 8.44. The minimum absolute atomic E-state index is 0.837. The van der Waals surface area contributed by atoms with Crippen molar-refractivity contribution in [2.24, 2.45) is 0 Å². The van der Waals surface area contributed by atoms with Gasteiger partial charge in [0, 0.05) is 33.9 Å². The van der Waals surface area contributed by atoms with Crippen molar-refractivity contribution < 1.29 is 0 Å². The summed E-state index contributed by atoms with van der Waals surface area (Å²) in [6.45, 7) is 9.22. The van der Waals surface area contributed by atoms with Gasteiger partial charge in [-0.2, -0.15) is 0 Å². The molecule has 2 rings (SSSR count). The summed E-state index contributed by atoms with van der Waals surface area (Å²) in [5, 5.41) is 3.41. The minimum atomic E-state index is 0.837. The zero-order valence-corrected chi connectivity index (χ0v) is 14.5. The van der Waals surface area contributed by atoms with Crippen LogP contribution in [0.2, 0.25) is 0 Å². The Balaban J connectivity index is 1.97. The van der Waals surface area contributed by atoms with E-state index in [9.17, 15) is 0 Å². The molecule has 0 aliphatic heterocycles. The lowest BCUT2D eigenvalue weighted by atomic mass is 10.3. The maximum absolute atomic E-state index is 4.51. The molecule has 0 saturated heterocycles. The Kier molecular flexibility index (Phi) is 5.43. The van der Waals surface area contributed by atoms with E-state index in [1.54, 1.807) is 0 Å². The number of pyridine rings is 1. The zero-order valence-electron chi connectivity index (χ0n) is 12.1. The first-order chi connectivity index (χ1) is 9.63. The predicted octanol–water partition coefficient (Wildman–Crippen LogP) is 4.67. The topological polar surface area (TPSA) is 28.2 Å². The van der Waals surface area contributed by atoms with Crippen LogP contribution in [0, 0.1) is 6.92 Å². The Labute approximate surface area is 133 Å². The molecule has 20 heavy (non-hydrogen) atoms. The Morgan fingerprint density at radius 3 is 2.55 bits per heavy atom. The summed E-state index contributed by atoms with van der Waals surface area (Å²) >= 11 is 5.36. The number of rotatable bonds is 6. The molecule has 3 nitrogen and oxygen atoms in total. The number of nitrogens with one attached hydrogen (secondary N) is 1. The van der Waals surface area contributed by atoms with Crippen LogP contribution >= 0.6 is 27.3 Å². The fraction of sp³-hybridized carbons (Fsp3) is 0.400. The molecule has 108 valence electrons. The predicted molar refractivity (Wildman–Crippen MR) is 91.9 cm³/mol. The maximum atomic E-state index is 4.51. The average molecular weight is 354 g/mol. The SMILES string of the molecule is CCN(CC)c1ccc(NCc2cc(Br)c(C)s2)cn1. The smallest absolute Gasteiger partial charge is 0.128 e. The van der Waals surface area contributed by atoms with Crippen molar-refractivity contribution in [2.45, 2.75) is 27.3 Å². The minimum Gasteiger partial charge on any atom is -0.379 e. The highest BCUT2D eigenvalue weighted by molar-refractivity contribution is 9.10. The molecule has 0 aliphatic rings. The quantitative estimate of drug-likeness (QED) is 0.817. The second-order valence-corrected chi connectivity index (χ2v) is 6.74. The molecule has 0 fully saturated rings. The molecule has 0 aromatic carbocycles. The van der Waals surface area contributed by atoms with Crippen LogP contribution in [0.15, 0.2) is 28.9 Å². The molecule has 5 heteroatoms. The van der Waals surface area contributed by atoms with Gasteiger partial charge in [-0.3, -0.25) is 0 Å². The van der Waals surface area contributed by atoms with E-state index < -0.39 is 0 Å². The van der Waals surface area contributed by atoms with E-state index in [2.05, 4.69) is 70.1 Å². The summed E-state index contributed by atoms with van der Waals surface area (Å²) in [4.78, 5) is 9.39. The second kappa shape index (κ2) is 7.09. The first kappa shape index (κ1) is 15.3. The number of halogens is 1. The van der Waals surface area contributed by atoms with Gasteiger partial charge >= 0.3 is 0 Å². The number of aryl methyl sites for hydroxylation is 1. The van der Waals surface area contributed by atoms with Crippen molar-refractivity contribution in [2.75, 3.05) is 23.3 Å². The molecule has 0 unspecified atom stereocenters.